The molecule has 0 spiro atoms. The molecule has 0 N–H and O–H groups in total. The highest BCUT2D eigenvalue weighted by Gasteiger charge is 2.09. The highest BCUT2D eigenvalue weighted by Crippen LogP contribution is 2.28. The number of hydrogen-bond acceptors (Lipinski definition) is 1. The molecule has 16 heavy (non-hydrogen) atoms. The minimum Gasteiger partial charge on any atom is -0.553 e. The largest absolute Gasteiger partial charge is 0.553 e. The van der Waals surface area contributed by atoms with Gasteiger partial charge in [-0.2, -0.15) is 0 Å². The van der Waals surface area contributed by atoms with Crippen molar-refractivity contribution in [2.24, 2.45) is 0 Å². The maximum atomic E-state index is 5.69. The summed E-state index contributed by atoms with van der Waals surface area (Å²) in [5.74, 6) is 1.14. The molecular formula is C14H22OSi. The van der Waals surface area contributed by atoms with Crippen molar-refractivity contribution in [1.29, 1.82) is 0 Å². The molecule has 2 heteroatoms. The van der Waals surface area contributed by atoms with Crippen LogP contribution in [0.25, 0.3) is 6.08 Å². The van der Waals surface area contributed by atoms with Crippen LogP contribution in [0.15, 0.2) is 18.7 Å². The molecule has 0 saturated heterocycles. The summed E-state index contributed by atoms with van der Waals surface area (Å²) in [4.78, 5) is 0. The second kappa shape index (κ2) is 6.54. The van der Waals surface area contributed by atoms with E-state index in [0.29, 0.717) is 0 Å². The maximum Gasteiger partial charge on any atom is 0.204 e. The van der Waals surface area contributed by atoms with Crippen LogP contribution in [0.1, 0.15) is 43.4 Å². The Balaban J connectivity index is 3.21. The third-order valence-corrected chi connectivity index (χ3v) is 3.15. The fourth-order valence-electron chi connectivity index (χ4n) is 2.07. The quantitative estimate of drug-likeness (QED) is 0.688. The summed E-state index contributed by atoms with van der Waals surface area (Å²) in [5, 5.41) is 0. The average molecular weight is 234 g/mol. The molecular weight excluding hydrogens is 212 g/mol. The first-order chi connectivity index (χ1) is 7.76. The Kier molecular flexibility index (Phi) is 5.33. The Hall–Kier alpha value is -1.02. The molecule has 0 aliphatic heterocycles. The number of benzene rings is 1. The normalized spacial score (nSPS) is 10.4. The second-order valence-electron chi connectivity index (χ2n) is 4.08. The summed E-state index contributed by atoms with van der Waals surface area (Å²) in [6, 6.07) is 4.42. The molecule has 0 saturated carbocycles. The van der Waals surface area contributed by atoms with Gasteiger partial charge in [-0.15, -0.1) is 0 Å². The van der Waals surface area contributed by atoms with Gasteiger partial charge in [0.05, 0.1) is 0 Å². The van der Waals surface area contributed by atoms with Gasteiger partial charge in [-0.05, 0) is 41.7 Å². The van der Waals surface area contributed by atoms with Crippen LogP contribution in [0.5, 0.6) is 5.75 Å². The van der Waals surface area contributed by atoms with Crippen molar-refractivity contribution in [3.05, 3.63) is 35.4 Å². The number of hydrogen-bond donors (Lipinski definition) is 0. The zero-order valence-electron chi connectivity index (χ0n) is 10.7. The van der Waals surface area contributed by atoms with Crippen LogP contribution in [0.4, 0.5) is 0 Å². The van der Waals surface area contributed by atoms with Gasteiger partial charge in [0.25, 0.3) is 0 Å². The van der Waals surface area contributed by atoms with Crippen molar-refractivity contribution < 1.29 is 4.43 Å². The Labute approximate surface area is 102 Å². The minimum absolute atomic E-state index is 0.762. The molecule has 1 rings (SSSR count). The first-order valence-corrected chi connectivity index (χ1v) is 6.90. The predicted molar refractivity (Wildman–Crippen MR) is 75.1 cm³/mol. The molecule has 1 aromatic carbocycles. The van der Waals surface area contributed by atoms with Gasteiger partial charge in [-0.25, -0.2) is 0 Å². The van der Waals surface area contributed by atoms with Crippen molar-refractivity contribution >= 4 is 16.6 Å². The SMILES string of the molecule is C=Cc1cc(CCC)c(O[SiH3])c(CCC)c1. The molecule has 1 aromatic rings. The van der Waals surface area contributed by atoms with E-state index in [1.165, 1.54) is 16.7 Å². The maximum absolute atomic E-state index is 5.69. The topological polar surface area (TPSA) is 9.23 Å². The predicted octanol–water partition coefficient (Wildman–Crippen LogP) is 2.89. The highest BCUT2D eigenvalue weighted by atomic mass is 28.2. The summed E-state index contributed by atoms with van der Waals surface area (Å²) in [5.41, 5.74) is 3.91. The van der Waals surface area contributed by atoms with E-state index >= 15 is 0 Å². The van der Waals surface area contributed by atoms with Gasteiger partial charge in [-0.1, -0.05) is 39.3 Å². The molecule has 0 bridgehead atoms. The van der Waals surface area contributed by atoms with Gasteiger partial charge < -0.3 is 4.43 Å². The Morgan fingerprint density at radius 1 is 1.19 bits per heavy atom. The van der Waals surface area contributed by atoms with Crippen LogP contribution < -0.4 is 4.43 Å². The zero-order chi connectivity index (χ0) is 12.0. The standard InChI is InChI=1S/C14H22OSi/c1-4-7-12-9-11(6-3)10-13(8-5-2)14(12)15-16/h6,9-10H,3-5,7-8H2,1-2,16H3. The molecule has 0 heterocycles. The van der Waals surface area contributed by atoms with E-state index in [1.807, 2.05) is 6.08 Å². The Morgan fingerprint density at radius 3 is 2.00 bits per heavy atom. The van der Waals surface area contributed by atoms with E-state index in [9.17, 15) is 0 Å². The van der Waals surface area contributed by atoms with Crippen LogP contribution >= 0.6 is 0 Å². The lowest BCUT2D eigenvalue weighted by Gasteiger charge is -2.15. The summed E-state index contributed by atoms with van der Waals surface area (Å²) in [6.45, 7) is 8.27. The van der Waals surface area contributed by atoms with Gasteiger partial charge in [0.2, 0.25) is 10.5 Å². The second-order valence-corrected chi connectivity index (χ2v) is 4.48. The third kappa shape index (κ3) is 2.98. The lowest BCUT2D eigenvalue weighted by atomic mass is 9.98. The van der Waals surface area contributed by atoms with Crippen molar-refractivity contribution in [3.8, 4) is 5.75 Å². The summed E-state index contributed by atoms with van der Waals surface area (Å²) < 4.78 is 5.69. The van der Waals surface area contributed by atoms with E-state index in [2.05, 4.69) is 32.6 Å². The third-order valence-electron chi connectivity index (χ3n) is 2.74. The number of rotatable bonds is 6. The van der Waals surface area contributed by atoms with Crippen molar-refractivity contribution in [2.75, 3.05) is 0 Å². The van der Waals surface area contributed by atoms with E-state index in [-0.39, 0.29) is 0 Å². The smallest absolute Gasteiger partial charge is 0.204 e. The molecule has 1 nitrogen and oxygen atoms in total. The summed E-state index contributed by atoms with van der Waals surface area (Å²) in [6.07, 6.45) is 6.43. The molecule has 0 amide bonds. The fourth-order valence-corrected chi connectivity index (χ4v) is 2.60. The van der Waals surface area contributed by atoms with E-state index in [1.54, 1.807) is 0 Å². The van der Waals surface area contributed by atoms with Gasteiger partial charge >= 0.3 is 0 Å². The molecule has 0 radical (unpaired) electrons. The van der Waals surface area contributed by atoms with Gasteiger partial charge in [0.1, 0.15) is 5.75 Å². The molecule has 88 valence electrons. The lowest BCUT2D eigenvalue weighted by molar-refractivity contribution is 0.591. The van der Waals surface area contributed by atoms with Crippen LogP contribution in [0.3, 0.4) is 0 Å². The molecule has 0 fully saturated rings. The van der Waals surface area contributed by atoms with E-state index in [4.69, 9.17) is 4.43 Å². The lowest BCUT2D eigenvalue weighted by Crippen LogP contribution is -1.99. The van der Waals surface area contributed by atoms with Crippen LogP contribution in [0.2, 0.25) is 0 Å². The Bertz CT molecular complexity index is 331. The van der Waals surface area contributed by atoms with Gasteiger partial charge in [0.15, 0.2) is 0 Å². The van der Waals surface area contributed by atoms with E-state index < -0.39 is 0 Å². The first-order valence-electron chi connectivity index (χ1n) is 6.09. The van der Waals surface area contributed by atoms with Crippen molar-refractivity contribution in [1.82, 2.24) is 0 Å². The van der Waals surface area contributed by atoms with Crippen LogP contribution in [-0.2, 0) is 12.8 Å². The molecule has 0 unspecified atom stereocenters. The highest BCUT2D eigenvalue weighted by molar-refractivity contribution is 6.00. The van der Waals surface area contributed by atoms with E-state index in [0.717, 1.165) is 41.9 Å². The van der Waals surface area contributed by atoms with Crippen molar-refractivity contribution in [2.45, 2.75) is 39.5 Å². The minimum atomic E-state index is 0.762. The average Bonchev–Trinajstić information content (AvgIpc) is 2.29. The zero-order valence-corrected chi connectivity index (χ0v) is 12.7. The van der Waals surface area contributed by atoms with Crippen LogP contribution in [-0.4, -0.2) is 10.5 Å². The van der Waals surface area contributed by atoms with Gasteiger partial charge in [-0.3, -0.25) is 0 Å². The molecule has 0 atom stereocenters. The summed E-state index contributed by atoms with van der Waals surface area (Å²) >= 11 is 0. The fraction of sp³-hybridized carbons (Fsp3) is 0.429. The molecule has 0 aromatic heterocycles. The van der Waals surface area contributed by atoms with Crippen LogP contribution in [0, 0.1) is 0 Å². The van der Waals surface area contributed by atoms with Crippen molar-refractivity contribution in [3.63, 3.8) is 0 Å². The number of aryl methyl sites for hydroxylation is 2. The van der Waals surface area contributed by atoms with Gasteiger partial charge in [0, 0.05) is 0 Å². The molecule has 0 aliphatic rings. The summed E-state index contributed by atoms with van der Waals surface area (Å²) in [7, 11) is 0.762. The molecule has 0 aliphatic carbocycles. The monoisotopic (exact) mass is 234 g/mol. The first kappa shape index (κ1) is 13.0. The Morgan fingerprint density at radius 2 is 1.69 bits per heavy atom.